The Morgan fingerprint density at radius 1 is 0.923 bits per heavy atom. The van der Waals surface area contributed by atoms with E-state index in [0.29, 0.717) is 12.0 Å². The van der Waals surface area contributed by atoms with E-state index in [0.717, 1.165) is 31.7 Å². The number of nitrogens with one attached hydrogen (secondary N) is 1. The highest BCUT2D eigenvalue weighted by Gasteiger charge is 2.30. The van der Waals surface area contributed by atoms with E-state index in [4.69, 9.17) is 0 Å². The Labute approximate surface area is 157 Å². The summed E-state index contributed by atoms with van der Waals surface area (Å²) in [6.45, 7) is 1.15. The fraction of sp³-hybridized carbons (Fsp3) is 0.500. The first kappa shape index (κ1) is 17.7. The van der Waals surface area contributed by atoms with Gasteiger partial charge in [0.25, 0.3) is 0 Å². The van der Waals surface area contributed by atoms with Gasteiger partial charge in [-0.3, -0.25) is 0 Å². The second-order valence-corrected chi connectivity index (χ2v) is 8.20. The Balaban J connectivity index is 1.52. The summed E-state index contributed by atoms with van der Waals surface area (Å²) < 4.78 is 13.7. The van der Waals surface area contributed by atoms with Crippen molar-refractivity contribution in [3.8, 4) is 0 Å². The van der Waals surface area contributed by atoms with Gasteiger partial charge in [-0.05, 0) is 73.4 Å². The van der Waals surface area contributed by atoms with E-state index in [1.54, 1.807) is 12.1 Å². The zero-order valence-corrected chi connectivity index (χ0v) is 15.6. The molecule has 2 aromatic rings. The monoisotopic (exact) mass is 351 g/mol. The topological polar surface area (TPSA) is 12.0 Å². The number of rotatable bonds is 5. The van der Waals surface area contributed by atoms with Crippen molar-refractivity contribution < 1.29 is 4.39 Å². The van der Waals surface area contributed by atoms with Crippen LogP contribution in [0.25, 0.3) is 0 Å². The van der Waals surface area contributed by atoms with Gasteiger partial charge in [0.1, 0.15) is 5.82 Å². The third-order valence-electron chi connectivity index (χ3n) is 6.41. The molecule has 1 N–H and O–H groups in total. The zero-order chi connectivity index (χ0) is 17.8. The maximum Gasteiger partial charge on any atom is 0.123 e. The minimum absolute atomic E-state index is 0.101. The van der Waals surface area contributed by atoms with E-state index < -0.39 is 0 Å². The Hall–Kier alpha value is -1.67. The van der Waals surface area contributed by atoms with Crippen LogP contribution in [-0.2, 0) is 12.8 Å². The molecule has 2 atom stereocenters. The summed E-state index contributed by atoms with van der Waals surface area (Å²) in [7, 11) is 0. The van der Waals surface area contributed by atoms with Gasteiger partial charge in [0.15, 0.2) is 0 Å². The highest BCUT2D eigenvalue weighted by molar-refractivity contribution is 5.36. The SMILES string of the molecule is Fc1ccc2c(c1)CCC(NCC1CCCCC1)C2Cc1ccccc1. The summed E-state index contributed by atoms with van der Waals surface area (Å²) in [5, 5.41) is 3.92. The van der Waals surface area contributed by atoms with Crippen LogP contribution in [-0.4, -0.2) is 12.6 Å². The molecular formula is C24H30FN. The van der Waals surface area contributed by atoms with Crippen molar-refractivity contribution in [2.24, 2.45) is 5.92 Å². The van der Waals surface area contributed by atoms with E-state index in [1.807, 2.05) is 6.07 Å². The number of benzene rings is 2. The standard InChI is InChI=1S/C24H30FN/c25-21-12-13-22-20(16-21)11-14-24(26-17-19-9-5-2-6-10-19)23(22)15-18-7-3-1-4-8-18/h1,3-4,7-8,12-13,16,19,23-24,26H,2,5-6,9-11,14-15,17H2. The van der Waals surface area contributed by atoms with E-state index in [1.165, 1.54) is 48.8 Å². The van der Waals surface area contributed by atoms with Gasteiger partial charge in [0.05, 0.1) is 0 Å². The van der Waals surface area contributed by atoms with Crippen LogP contribution in [0.1, 0.15) is 61.1 Å². The van der Waals surface area contributed by atoms with Crippen molar-refractivity contribution >= 4 is 0 Å². The number of fused-ring (bicyclic) bond motifs is 1. The molecule has 2 heteroatoms. The molecule has 26 heavy (non-hydrogen) atoms. The lowest BCUT2D eigenvalue weighted by molar-refractivity contribution is 0.301. The lowest BCUT2D eigenvalue weighted by atomic mass is 9.76. The Bertz CT molecular complexity index is 705. The van der Waals surface area contributed by atoms with Crippen LogP contribution in [0, 0.1) is 11.7 Å². The molecule has 1 nitrogen and oxygen atoms in total. The van der Waals surface area contributed by atoms with Crippen LogP contribution in [0.4, 0.5) is 4.39 Å². The predicted octanol–water partition coefficient (Wildman–Crippen LogP) is 5.64. The van der Waals surface area contributed by atoms with Crippen LogP contribution in [0.5, 0.6) is 0 Å². The minimum atomic E-state index is -0.101. The van der Waals surface area contributed by atoms with Crippen LogP contribution in [0.15, 0.2) is 48.5 Å². The van der Waals surface area contributed by atoms with Crippen LogP contribution in [0.3, 0.4) is 0 Å². The molecule has 0 aromatic heterocycles. The van der Waals surface area contributed by atoms with Crippen molar-refractivity contribution in [2.75, 3.05) is 6.54 Å². The van der Waals surface area contributed by atoms with E-state index in [-0.39, 0.29) is 5.82 Å². The van der Waals surface area contributed by atoms with Gasteiger partial charge < -0.3 is 5.32 Å². The number of hydrogen-bond donors (Lipinski definition) is 1. The summed E-state index contributed by atoms with van der Waals surface area (Å²) in [5.74, 6) is 1.18. The molecule has 2 unspecified atom stereocenters. The molecule has 0 bridgehead atoms. The highest BCUT2D eigenvalue weighted by Crippen LogP contribution is 2.35. The molecule has 4 rings (SSSR count). The van der Waals surface area contributed by atoms with Gasteiger partial charge in [-0.1, -0.05) is 55.7 Å². The van der Waals surface area contributed by atoms with Gasteiger partial charge in [0.2, 0.25) is 0 Å². The number of hydrogen-bond acceptors (Lipinski definition) is 1. The molecular weight excluding hydrogens is 321 g/mol. The normalized spacial score (nSPS) is 23.6. The first-order chi connectivity index (χ1) is 12.8. The molecule has 2 aromatic carbocycles. The molecule has 1 saturated carbocycles. The second kappa shape index (κ2) is 8.35. The molecule has 138 valence electrons. The zero-order valence-electron chi connectivity index (χ0n) is 15.6. The number of halogens is 1. The van der Waals surface area contributed by atoms with E-state index in [2.05, 4.69) is 35.6 Å². The maximum atomic E-state index is 13.7. The largest absolute Gasteiger partial charge is 0.313 e. The lowest BCUT2D eigenvalue weighted by Crippen LogP contribution is -2.41. The molecule has 0 radical (unpaired) electrons. The molecule has 2 aliphatic carbocycles. The average Bonchev–Trinajstić information content (AvgIpc) is 2.69. The third kappa shape index (κ3) is 4.17. The maximum absolute atomic E-state index is 13.7. The van der Waals surface area contributed by atoms with Crippen LogP contribution >= 0.6 is 0 Å². The lowest BCUT2D eigenvalue weighted by Gasteiger charge is -2.36. The summed E-state index contributed by atoms with van der Waals surface area (Å²) in [6, 6.07) is 16.7. The van der Waals surface area contributed by atoms with Gasteiger partial charge in [-0.15, -0.1) is 0 Å². The van der Waals surface area contributed by atoms with Gasteiger partial charge in [-0.25, -0.2) is 4.39 Å². The van der Waals surface area contributed by atoms with Crippen molar-refractivity contribution in [3.05, 3.63) is 71.0 Å². The van der Waals surface area contributed by atoms with Crippen molar-refractivity contribution in [2.45, 2.75) is 63.3 Å². The Kier molecular flexibility index (Phi) is 5.69. The third-order valence-corrected chi connectivity index (χ3v) is 6.41. The molecule has 0 saturated heterocycles. The fourth-order valence-corrected chi connectivity index (χ4v) is 4.96. The first-order valence-corrected chi connectivity index (χ1v) is 10.4. The van der Waals surface area contributed by atoms with Crippen LogP contribution in [0.2, 0.25) is 0 Å². The van der Waals surface area contributed by atoms with Crippen molar-refractivity contribution in [1.29, 1.82) is 0 Å². The highest BCUT2D eigenvalue weighted by atomic mass is 19.1. The molecule has 2 aliphatic rings. The summed E-state index contributed by atoms with van der Waals surface area (Å²) >= 11 is 0. The average molecular weight is 352 g/mol. The van der Waals surface area contributed by atoms with Crippen molar-refractivity contribution in [3.63, 3.8) is 0 Å². The first-order valence-electron chi connectivity index (χ1n) is 10.4. The Morgan fingerprint density at radius 3 is 2.54 bits per heavy atom. The van der Waals surface area contributed by atoms with Gasteiger partial charge >= 0.3 is 0 Å². The molecule has 0 spiro atoms. The summed E-state index contributed by atoms with van der Waals surface area (Å²) in [4.78, 5) is 0. The van der Waals surface area contributed by atoms with Gasteiger partial charge in [0, 0.05) is 12.0 Å². The molecule has 0 aliphatic heterocycles. The molecule has 1 fully saturated rings. The molecule has 0 amide bonds. The van der Waals surface area contributed by atoms with Crippen LogP contribution < -0.4 is 5.32 Å². The van der Waals surface area contributed by atoms with E-state index in [9.17, 15) is 4.39 Å². The summed E-state index contributed by atoms with van der Waals surface area (Å²) in [6.07, 6.45) is 10.1. The second-order valence-electron chi connectivity index (χ2n) is 8.20. The minimum Gasteiger partial charge on any atom is -0.313 e. The molecule has 0 heterocycles. The number of aryl methyl sites for hydroxylation is 1. The van der Waals surface area contributed by atoms with Gasteiger partial charge in [-0.2, -0.15) is 0 Å². The summed E-state index contributed by atoms with van der Waals surface area (Å²) in [5.41, 5.74) is 3.93. The smallest absolute Gasteiger partial charge is 0.123 e. The quantitative estimate of drug-likeness (QED) is 0.735. The van der Waals surface area contributed by atoms with Crippen molar-refractivity contribution in [1.82, 2.24) is 5.32 Å². The van der Waals surface area contributed by atoms with E-state index >= 15 is 0 Å². The predicted molar refractivity (Wildman–Crippen MR) is 106 cm³/mol. The Morgan fingerprint density at radius 2 is 1.73 bits per heavy atom. The fourth-order valence-electron chi connectivity index (χ4n) is 4.96.